The van der Waals surface area contributed by atoms with Crippen LogP contribution in [0.1, 0.15) is 19.8 Å². The van der Waals surface area contributed by atoms with Crippen molar-refractivity contribution in [2.75, 3.05) is 33.4 Å². The average molecular weight is 251 g/mol. The molecule has 96 valence electrons. The van der Waals surface area contributed by atoms with Crippen LogP contribution in [-0.2, 0) is 9.53 Å². The zero-order valence-corrected chi connectivity index (χ0v) is 10.9. The van der Waals surface area contributed by atoms with Crippen molar-refractivity contribution >= 4 is 18.3 Å². The molecule has 1 unspecified atom stereocenters. The van der Waals surface area contributed by atoms with Gasteiger partial charge in [0.05, 0.1) is 0 Å². The Balaban J connectivity index is 0.00000225. The van der Waals surface area contributed by atoms with Crippen molar-refractivity contribution < 1.29 is 9.53 Å². The fourth-order valence-corrected chi connectivity index (χ4v) is 1.77. The molecule has 0 aromatic rings. The van der Waals surface area contributed by atoms with Crippen LogP contribution in [0.4, 0.5) is 0 Å². The summed E-state index contributed by atoms with van der Waals surface area (Å²) < 4.78 is 5.27. The average Bonchev–Trinajstić information content (AvgIpc) is 2.27. The third kappa shape index (κ3) is 5.68. The summed E-state index contributed by atoms with van der Waals surface area (Å²) in [6.07, 6.45) is 2.14. The van der Waals surface area contributed by atoms with E-state index in [0.29, 0.717) is 5.92 Å². The SMILES string of the molecule is CNCC(C)C(=O)NCC1CCOCC1.Cl. The largest absolute Gasteiger partial charge is 0.381 e. The van der Waals surface area contributed by atoms with Gasteiger partial charge in [-0.25, -0.2) is 0 Å². The van der Waals surface area contributed by atoms with Crippen LogP contribution in [0.3, 0.4) is 0 Å². The molecule has 0 aromatic carbocycles. The van der Waals surface area contributed by atoms with Gasteiger partial charge >= 0.3 is 0 Å². The van der Waals surface area contributed by atoms with Crippen LogP contribution < -0.4 is 10.6 Å². The Bertz CT molecular complexity index is 196. The molecular formula is C11H23ClN2O2. The monoisotopic (exact) mass is 250 g/mol. The number of carbonyl (C=O) groups excluding carboxylic acids is 1. The minimum atomic E-state index is 0. The van der Waals surface area contributed by atoms with Crippen molar-refractivity contribution in [2.45, 2.75) is 19.8 Å². The van der Waals surface area contributed by atoms with Gasteiger partial charge in [0.1, 0.15) is 0 Å². The molecule has 1 aliphatic rings. The molecule has 0 aromatic heterocycles. The first-order valence-corrected chi connectivity index (χ1v) is 5.74. The summed E-state index contributed by atoms with van der Waals surface area (Å²) in [5.74, 6) is 0.801. The van der Waals surface area contributed by atoms with Gasteiger partial charge in [-0.3, -0.25) is 4.79 Å². The van der Waals surface area contributed by atoms with Gasteiger partial charge in [-0.1, -0.05) is 6.92 Å². The lowest BCUT2D eigenvalue weighted by Gasteiger charge is -2.23. The third-order valence-corrected chi connectivity index (χ3v) is 2.86. The van der Waals surface area contributed by atoms with E-state index in [2.05, 4.69) is 10.6 Å². The van der Waals surface area contributed by atoms with Crippen LogP contribution >= 0.6 is 12.4 Å². The van der Waals surface area contributed by atoms with Gasteiger partial charge in [-0.2, -0.15) is 0 Å². The molecule has 1 fully saturated rings. The molecule has 1 amide bonds. The Morgan fingerprint density at radius 2 is 2.06 bits per heavy atom. The third-order valence-electron chi connectivity index (χ3n) is 2.86. The zero-order valence-electron chi connectivity index (χ0n) is 10.1. The first kappa shape index (κ1) is 15.7. The second-order valence-corrected chi connectivity index (χ2v) is 4.26. The minimum absolute atomic E-state index is 0. The second kappa shape index (κ2) is 8.79. The highest BCUT2D eigenvalue weighted by molar-refractivity contribution is 5.85. The summed E-state index contributed by atoms with van der Waals surface area (Å²) in [4.78, 5) is 11.6. The van der Waals surface area contributed by atoms with Gasteiger partial charge in [-0.15, -0.1) is 12.4 Å². The van der Waals surface area contributed by atoms with Gasteiger partial charge in [0.15, 0.2) is 0 Å². The highest BCUT2D eigenvalue weighted by Gasteiger charge is 2.16. The van der Waals surface area contributed by atoms with Crippen molar-refractivity contribution in [3.63, 3.8) is 0 Å². The highest BCUT2D eigenvalue weighted by atomic mass is 35.5. The van der Waals surface area contributed by atoms with Gasteiger partial charge in [0.2, 0.25) is 5.91 Å². The Labute approximate surface area is 104 Å². The lowest BCUT2D eigenvalue weighted by Crippen LogP contribution is -2.38. The van der Waals surface area contributed by atoms with Crippen LogP contribution in [-0.4, -0.2) is 39.3 Å². The molecule has 0 saturated carbocycles. The van der Waals surface area contributed by atoms with Gasteiger partial charge in [0.25, 0.3) is 0 Å². The molecule has 0 radical (unpaired) electrons. The molecule has 1 atom stereocenters. The molecule has 1 heterocycles. The van der Waals surface area contributed by atoms with E-state index < -0.39 is 0 Å². The van der Waals surface area contributed by atoms with Crippen molar-refractivity contribution in [1.29, 1.82) is 0 Å². The smallest absolute Gasteiger partial charge is 0.224 e. The summed E-state index contributed by atoms with van der Waals surface area (Å²) in [5, 5.41) is 6.01. The normalized spacial score (nSPS) is 18.6. The number of halogens is 1. The van der Waals surface area contributed by atoms with Gasteiger partial charge in [0, 0.05) is 32.2 Å². The number of nitrogens with one attached hydrogen (secondary N) is 2. The molecule has 16 heavy (non-hydrogen) atoms. The summed E-state index contributed by atoms with van der Waals surface area (Å²) in [6, 6.07) is 0. The summed E-state index contributed by atoms with van der Waals surface area (Å²) in [5.41, 5.74) is 0. The van der Waals surface area contributed by atoms with E-state index >= 15 is 0 Å². The number of amides is 1. The molecule has 0 bridgehead atoms. The Kier molecular flexibility index (Phi) is 8.61. The molecule has 1 saturated heterocycles. The summed E-state index contributed by atoms with van der Waals surface area (Å²) >= 11 is 0. The number of hydrogen-bond acceptors (Lipinski definition) is 3. The Morgan fingerprint density at radius 1 is 1.44 bits per heavy atom. The van der Waals surface area contributed by atoms with Crippen molar-refractivity contribution in [3.8, 4) is 0 Å². The molecule has 1 aliphatic heterocycles. The maximum atomic E-state index is 11.6. The second-order valence-electron chi connectivity index (χ2n) is 4.26. The molecule has 5 heteroatoms. The molecule has 4 nitrogen and oxygen atoms in total. The van der Waals surface area contributed by atoms with E-state index in [1.165, 1.54) is 0 Å². The number of hydrogen-bond donors (Lipinski definition) is 2. The van der Waals surface area contributed by atoms with Gasteiger partial charge in [-0.05, 0) is 25.8 Å². The van der Waals surface area contributed by atoms with Gasteiger partial charge < -0.3 is 15.4 Å². The topological polar surface area (TPSA) is 50.4 Å². The Hall–Kier alpha value is -0.320. The zero-order chi connectivity index (χ0) is 11.1. The van der Waals surface area contributed by atoms with E-state index in [9.17, 15) is 4.79 Å². The lowest BCUT2D eigenvalue weighted by atomic mass is 10.00. The maximum absolute atomic E-state index is 11.6. The van der Waals surface area contributed by atoms with E-state index in [4.69, 9.17) is 4.74 Å². The van der Waals surface area contributed by atoms with E-state index in [1.807, 2.05) is 14.0 Å². The molecular weight excluding hydrogens is 228 g/mol. The summed E-state index contributed by atoms with van der Waals surface area (Å²) in [6.45, 7) is 5.16. The standard InChI is InChI=1S/C11H22N2O2.ClH/c1-9(7-12-2)11(14)13-8-10-3-5-15-6-4-10;/h9-10,12H,3-8H2,1-2H3,(H,13,14);1H. The van der Waals surface area contributed by atoms with Crippen molar-refractivity contribution in [1.82, 2.24) is 10.6 Å². The van der Waals surface area contributed by atoms with Crippen LogP contribution in [0.2, 0.25) is 0 Å². The highest BCUT2D eigenvalue weighted by Crippen LogP contribution is 2.13. The van der Waals surface area contributed by atoms with Crippen molar-refractivity contribution in [3.05, 3.63) is 0 Å². The number of ether oxygens (including phenoxy) is 1. The quantitative estimate of drug-likeness (QED) is 0.759. The van der Waals surface area contributed by atoms with Crippen LogP contribution in [0.15, 0.2) is 0 Å². The Morgan fingerprint density at radius 3 is 2.62 bits per heavy atom. The van der Waals surface area contributed by atoms with Crippen LogP contribution in [0.5, 0.6) is 0 Å². The van der Waals surface area contributed by atoms with Crippen molar-refractivity contribution in [2.24, 2.45) is 11.8 Å². The van der Waals surface area contributed by atoms with Crippen LogP contribution in [0, 0.1) is 11.8 Å². The first-order chi connectivity index (χ1) is 7.24. The molecule has 1 rings (SSSR count). The predicted octanol–water partition coefficient (Wildman–Crippen LogP) is 0.806. The fourth-order valence-electron chi connectivity index (χ4n) is 1.77. The number of rotatable bonds is 5. The molecule has 0 spiro atoms. The predicted molar refractivity (Wildman–Crippen MR) is 66.9 cm³/mol. The maximum Gasteiger partial charge on any atom is 0.224 e. The van der Waals surface area contributed by atoms with E-state index in [1.54, 1.807) is 0 Å². The van der Waals surface area contributed by atoms with Crippen LogP contribution in [0.25, 0.3) is 0 Å². The van der Waals surface area contributed by atoms with E-state index in [0.717, 1.165) is 39.1 Å². The molecule has 0 aliphatic carbocycles. The number of carbonyl (C=O) groups is 1. The minimum Gasteiger partial charge on any atom is -0.381 e. The molecule has 2 N–H and O–H groups in total. The summed E-state index contributed by atoms with van der Waals surface area (Å²) in [7, 11) is 1.86. The van der Waals surface area contributed by atoms with E-state index in [-0.39, 0.29) is 24.2 Å². The fraction of sp³-hybridized carbons (Fsp3) is 0.909. The first-order valence-electron chi connectivity index (χ1n) is 5.74. The lowest BCUT2D eigenvalue weighted by molar-refractivity contribution is -0.124.